The molecule has 0 unspecified atom stereocenters. The van der Waals surface area contributed by atoms with Crippen LogP contribution < -0.4 is 10.6 Å². The Morgan fingerprint density at radius 3 is 2.05 bits per heavy atom. The third-order valence-electron chi connectivity index (χ3n) is 6.45. The Balaban J connectivity index is 2.04. The molecule has 1 heterocycles. The van der Waals surface area contributed by atoms with E-state index in [0.717, 1.165) is 11.3 Å². The summed E-state index contributed by atoms with van der Waals surface area (Å²) >= 11 is 1.66. The van der Waals surface area contributed by atoms with E-state index in [1.54, 1.807) is 58.2 Å². The SMILES string of the molecule is CC(=O)O[C@@H](C(=O)CCCCC[C@H](NC(=O)OC(C)(C)C)C(=O)N1CCSC1)[C@@H](Cc1ccccc1)NC(=O)OC(C)(C)C. The monoisotopic (exact) mass is 635 g/mol. The number of carbonyl (C=O) groups is 5. The van der Waals surface area contributed by atoms with Crippen LogP contribution in [0.15, 0.2) is 30.3 Å². The van der Waals surface area contributed by atoms with E-state index in [-0.39, 0.29) is 24.5 Å². The number of ether oxygens (including phenoxy) is 3. The minimum Gasteiger partial charge on any atom is -0.452 e. The second kappa shape index (κ2) is 17.3. The first-order valence-corrected chi connectivity index (χ1v) is 16.3. The van der Waals surface area contributed by atoms with Crippen LogP contribution in [0.3, 0.4) is 0 Å². The van der Waals surface area contributed by atoms with Gasteiger partial charge in [-0.15, -0.1) is 11.8 Å². The molecule has 12 heteroatoms. The van der Waals surface area contributed by atoms with Gasteiger partial charge in [0.1, 0.15) is 17.2 Å². The van der Waals surface area contributed by atoms with Gasteiger partial charge < -0.3 is 29.7 Å². The van der Waals surface area contributed by atoms with E-state index in [0.29, 0.717) is 38.1 Å². The molecule has 2 rings (SSSR count). The van der Waals surface area contributed by atoms with Gasteiger partial charge in [-0.3, -0.25) is 14.4 Å². The number of hydrogen-bond acceptors (Lipinski definition) is 9. The number of thioether (sulfide) groups is 1. The van der Waals surface area contributed by atoms with Crippen molar-refractivity contribution in [2.75, 3.05) is 18.2 Å². The number of Topliss-reactive ketones (excluding diaryl/α,β-unsaturated/α-hetero) is 1. The molecule has 0 aliphatic carbocycles. The van der Waals surface area contributed by atoms with Crippen molar-refractivity contribution in [1.82, 2.24) is 15.5 Å². The van der Waals surface area contributed by atoms with Gasteiger partial charge >= 0.3 is 18.2 Å². The first kappa shape index (κ1) is 36.9. The minimum absolute atomic E-state index is 0.0973. The molecular weight excluding hydrogens is 586 g/mol. The highest BCUT2D eigenvalue weighted by molar-refractivity contribution is 7.99. The van der Waals surface area contributed by atoms with E-state index in [1.165, 1.54) is 6.92 Å². The van der Waals surface area contributed by atoms with Gasteiger partial charge in [-0.25, -0.2) is 9.59 Å². The van der Waals surface area contributed by atoms with Gasteiger partial charge in [0.15, 0.2) is 11.9 Å². The Morgan fingerprint density at radius 2 is 1.50 bits per heavy atom. The zero-order chi connectivity index (χ0) is 32.9. The standard InChI is InChI=1S/C32H49N3O8S/c1-22(36)41-27(25(20-23-14-10-8-11-15-23)34-30(40)43-32(5,6)7)26(37)17-13-9-12-16-24(28(38)35-18-19-44-21-35)33-29(39)42-31(2,3)4/h8,10-11,14-15,24-25,27H,9,12-13,16-21H2,1-7H3,(H,33,39)(H,34,40)/t24-,25+,27+/m0/s1. The van der Waals surface area contributed by atoms with Gasteiger partial charge in [-0.1, -0.05) is 43.2 Å². The van der Waals surface area contributed by atoms with Crippen molar-refractivity contribution in [3.63, 3.8) is 0 Å². The summed E-state index contributed by atoms with van der Waals surface area (Å²) in [6, 6.07) is 7.70. The maximum absolute atomic E-state index is 13.4. The lowest BCUT2D eigenvalue weighted by molar-refractivity contribution is -0.155. The predicted octanol–water partition coefficient (Wildman–Crippen LogP) is 5.00. The summed E-state index contributed by atoms with van der Waals surface area (Å²) in [5.74, 6) is 0.320. The molecule has 0 aromatic heterocycles. The van der Waals surface area contributed by atoms with Crippen LogP contribution >= 0.6 is 11.8 Å². The normalized spacial score (nSPS) is 15.5. The third-order valence-corrected chi connectivity index (χ3v) is 7.41. The Hall–Kier alpha value is -3.28. The quantitative estimate of drug-likeness (QED) is 0.164. The lowest BCUT2D eigenvalue weighted by Crippen LogP contribution is -2.51. The molecule has 1 saturated heterocycles. The second-order valence-electron chi connectivity index (χ2n) is 12.9. The smallest absolute Gasteiger partial charge is 0.408 e. The average molecular weight is 636 g/mol. The van der Waals surface area contributed by atoms with Crippen LogP contribution in [0.4, 0.5) is 9.59 Å². The molecule has 3 amide bonds. The van der Waals surface area contributed by atoms with Crippen LogP contribution in [0.2, 0.25) is 0 Å². The number of rotatable bonds is 14. The van der Waals surface area contributed by atoms with Gasteiger partial charge in [0.25, 0.3) is 0 Å². The van der Waals surface area contributed by atoms with E-state index >= 15 is 0 Å². The summed E-state index contributed by atoms with van der Waals surface area (Å²) in [5, 5.41) is 5.47. The molecule has 1 aromatic carbocycles. The molecule has 11 nitrogen and oxygen atoms in total. The largest absolute Gasteiger partial charge is 0.452 e. The first-order valence-electron chi connectivity index (χ1n) is 15.1. The summed E-state index contributed by atoms with van der Waals surface area (Å²) < 4.78 is 16.3. The molecule has 0 spiro atoms. The number of hydrogen-bond donors (Lipinski definition) is 2. The van der Waals surface area contributed by atoms with Crippen molar-refractivity contribution < 1.29 is 38.2 Å². The van der Waals surface area contributed by atoms with Crippen molar-refractivity contribution in [3.05, 3.63) is 35.9 Å². The summed E-state index contributed by atoms with van der Waals surface area (Å²) in [7, 11) is 0. The number of alkyl carbamates (subject to hydrolysis) is 2. The van der Waals surface area contributed by atoms with Gasteiger partial charge in [-0.2, -0.15) is 0 Å². The number of benzene rings is 1. The molecule has 2 N–H and O–H groups in total. The number of nitrogens with one attached hydrogen (secondary N) is 2. The summed E-state index contributed by atoms with van der Waals surface area (Å²) in [4.78, 5) is 65.4. The highest BCUT2D eigenvalue weighted by atomic mass is 32.2. The van der Waals surface area contributed by atoms with Gasteiger partial charge in [0, 0.05) is 25.6 Å². The number of carbonyl (C=O) groups excluding carboxylic acids is 5. The molecule has 246 valence electrons. The van der Waals surface area contributed by atoms with Crippen molar-refractivity contribution in [2.24, 2.45) is 0 Å². The van der Waals surface area contributed by atoms with E-state index in [9.17, 15) is 24.0 Å². The fourth-order valence-electron chi connectivity index (χ4n) is 4.59. The highest BCUT2D eigenvalue weighted by Crippen LogP contribution is 2.19. The number of amides is 3. The van der Waals surface area contributed by atoms with Crippen molar-refractivity contribution >= 4 is 41.6 Å². The molecule has 0 radical (unpaired) electrons. The number of ketones is 1. The zero-order valence-corrected chi connectivity index (χ0v) is 27.9. The van der Waals surface area contributed by atoms with E-state index in [1.807, 2.05) is 30.3 Å². The molecule has 0 bridgehead atoms. The molecule has 1 fully saturated rings. The van der Waals surface area contributed by atoms with Crippen LogP contribution in [-0.2, 0) is 35.0 Å². The van der Waals surface area contributed by atoms with Crippen LogP contribution in [0, 0.1) is 0 Å². The summed E-state index contributed by atoms with van der Waals surface area (Å²) in [6.07, 6.45) is -0.212. The molecule has 1 aromatic rings. The topological polar surface area (TPSA) is 140 Å². The summed E-state index contributed by atoms with van der Waals surface area (Å²) in [5.41, 5.74) is -0.604. The van der Waals surface area contributed by atoms with Gasteiger partial charge in [0.2, 0.25) is 5.91 Å². The molecule has 3 atom stereocenters. The Kier molecular flexibility index (Phi) is 14.5. The van der Waals surface area contributed by atoms with Crippen LogP contribution in [0.5, 0.6) is 0 Å². The lowest BCUT2D eigenvalue weighted by Gasteiger charge is -2.28. The van der Waals surface area contributed by atoms with Crippen molar-refractivity contribution in [2.45, 2.75) is 116 Å². The Bertz CT molecular complexity index is 1110. The van der Waals surface area contributed by atoms with Crippen molar-refractivity contribution in [3.8, 4) is 0 Å². The zero-order valence-electron chi connectivity index (χ0n) is 27.1. The van der Waals surface area contributed by atoms with Crippen molar-refractivity contribution in [1.29, 1.82) is 0 Å². The first-order chi connectivity index (χ1) is 20.5. The maximum Gasteiger partial charge on any atom is 0.408 e. The summed E-state index contributed by atoms with van der Waals surface area (Å²) in [6.45, 7) is 12.3. The van der Waals surface area contributed by atoms with Crippen LogP contribution in [-0.4, -0.2) is 82.3 Å². The van der Waals surface area contributed by atoms with E-state index in [2.05, 4.69) is 10.6 Å². The number of unbranched alkanes of at least 4 members (excludes halogenated alkanes) is 2. The Morgan fingerprint density at radius 1 is 0.886 bits per heavy atom. The van der Waals surface area contributed by atoms with Crippen LogP contribution in [0.1, 0.15) is 86.1 Å². The fraction of sp³-hybridized carbons (Fsp3) is 0.656. The van der Waals surface area contributed by atoms with Gasteiger partial charge in [0.05, 0.1) is 11.9 Å². The van der Waals surface area contributed by atoms with E-state index < -0.39 is 47.5 Å². The molecule has 0 saturated carbocycles. The maximum atomic E-state index is 13.4. The molecule has 44 heavy (non-hydrogen) atoms. The predicted molar refractivity (Wildman–Crippen MR) is 169 cm³/mol. The number of nitrogens with zero attached hydrogens (tertiary/aromatic N) is 1. The Labute approximate surface area is 265 Å². The lowest BCUT2D eigenvalue weighted by atomic mass is 9.95. The van der Waals surface area contributed by atoms with E-state index in [4.69, 9.17) is 14.2 Å². The highest BCUT2D eigenvalue weighted by Gasteiger charge is 2.34. The fourth-order valence-corrected chi connectivity index (χ4v) is 5.55. The third kappa shape index (κ3) is 14.5. The second-order valence-corrected chi connectivity index (χ2v) is 14.0. The molecule has 1 aliphatic rings. The molecular formula is C32H49N3O8S. The molecule has 1 aliphatic heterocycles. The number of esters is 1. The minimum atomic E-state index is -1.21. The van der Waals surface area contributed by atoms with Crippen LogP contribution in [0.25, 0.3) is 0 Å². The van der Waals surface area contributed by atoms with Gasteiger partial charge in [-0.05, 0) is 66.4 Å². The average Bonchev–Trinajstić information content (AvgIpc) is 3.43.